The summed E-state index contributed by atoms with van der Waals surface area (Å²) in [6, 6.07) is 3.36. The molecule has 0 saturated carbocycles. The zero-order valence-corrected chi connectivity index (χ0v) is 14.7. The number of amides is 1. The number of phenolic OH excluding ortho intramolecular Hbond substituents is 1. The first-order chi connectivity index (χ1) is 13.9. The predicted molar refractivity (Wildman–Crippen MR) is 94.2 cm³/mol. The molecule has 0 bridgehead atoms. The van der Waals surface area contributed by atoms with Crippen LogP contribution in [-0.2, 0) is 11.3 Å². The molecule has 1 aromatic carbocycles. The van der Waals surface area contributed by atoms with E-state index in [1.165, 1.54) is 7.11 Å². The second-order valence-electron chi connectivity index (χ2n) is 5.40. The Morgan fingerprint density at radius 3 is 2.97 bits per heavy atom. The fourth-order valence-corrected chi connectivity index (χ4v) is 2.22. The van der Waals surface area contributed by atoms with Crippen molar-refractivity contribution >= 4 is 23.6 Å². The number of anilines is 1. The summed E-state index contributed by atoms with van der Waals surface area (Å²) in [5, 5.41) is 38.8. The van der Waals surface area contributed by atoms with Gasteiger partial charge in [-0.05, 0) is 16.4 Å². The van der Waals surface area contributed by atoms with Crippen LogP contribution in [0.4, 0.5) is 11.5 Å². The van der Waals surface area contributed by atoms with Gasteiger partial charge in [0.1, 0.15) is 11.4 Å². The summed E-state index contributed by atoms with van der Waals surface area (Å²) >= 11 is 0. The van der Waals surface area contributed by atoms with Crippen LogP contribution in [0.25, 0.3) is 5.82 Å². The molecule has 0 unspecified atom stereocenters. The van der Waals surface area contributed by atoms with Gasteiger partial charge in [0.05, 0.1) is 17.7 Å². The van der Waals surface area contributed by atoms with Gasteiger partial charge in [-0.25, -0.2) is 10.1 Å². The number of nitro groups is 1. The van der Waals surface area contributed by atoms with Crippen LogP contribution in [0.15, 0.2) is 27.9 Å². The lowest BCUT2D eigenvalue weighted by molar-refractivity contribution is -0.384. The van der Waals surface area contributed by atoms with E-state index in [1.807, 2.05) is 0 Å². The first kappa shape index (κ1) is 19.4. The second-order valence-corrected chi connectivity index (χ2v) is 5.40. The summed E-state index contributed by atoms with van der Waals surface area (Å²) in [7, 11) is 1.40. The van der Waals surface area contributed by atoms with Crippen LogP contribution in [0.3, 0.4) is 0 Å². The van der Waals surface area contributed by atoms with Crippen molar-refractivity contribution < 1.29 is 24.2 Å². The maximum Gasteiger partial charge on any atom is 0.293 e. The predicted octanol–water partition coefficient (Wildman–Crippen LogP) is -0.243. The minimum atomic E-state index is -0.764. The summed E-state index contributed by atoms with van der Waals surface area (Å²) in [5.41, 5.74) is 7.64. The Morgan fingerprint density at radius 2 is 2.31 bits per heavy atom. The van der Waals surface area contributed by atoms with Gasteiger partial charge in [-0.2, -0.15) is 9.78 Å². The molecule has 0 fully saturated rings. The quantitative estimate of drug-likeness (QED) is 0.266. The number of nitro benzene ring substituents is 1. The molecule has 0 spiro atoms. The van der Waals surface area contributed by atoms with Crippen LogP contribution < -0.4 is 11.2 Å². The number of nitrogens with one attached hydrogen (secondary N) is 1. The van der Waals surface area contributed by atoms with Crippen molar-refractivity contribution in [3.63, 3.8) is 0 Å². The van der Waals surface area contributed by atoms with E-state index in [0.29, 0.717) is 0 Å². The summed E-state index contributed by atoms with van der Waals surface area (Å²) in [6.07, 6.45) is 1.04. The van der Waals surface area contributed by atoms with Gasteiger partial charge in [-0.1, -0.05) is 5.21 Å². The standard InChI is InChI=1S/C14H13N9O6/c1-28-6-9-11(17-21-22(9)13-12(15)19-29-20-13)14(25)18-16-5-7-4-8(23(26)27)2-3-10(7)24/h2-5,24H,6H2,1H3,(H2,15,19)(H,18,25)/b16-5-. The van der Waals surface area contributed by atoms with E-state index in [9.17, 15) is 20.0 Å². The number of benzene rings is 1. The van der Waals surface area contributed by atoms with Gasteiger partial charge >= 0.3 is 0 Å². The molecule has 1 amide bonds. The summed E-state index contributed by atoms with van der Waals surface area (Å²) in [4.78, 5) is 22.6. The Labute approximate surface area is 160 Å². The average molecular weight is 403 g/mol. The molecular weight excluding hydrogens is 390 g/mol. The molecule has 3 rings (SSSR count). The third-order valence-corrected chi connectivity index (χ3v) is 3.55. The summed E-state index contributed by atoms with van der Waals surface area (Å²) in [5.74, 6) is -1.07. The van der Waals surface area contributed by atoms with Crippen LogP contribution in [-0.4, -0.2) is 54.6 Å². The molecule has 0 aliphatic rings. The molecular formula is C14H13N9O6. The molecule has 0 aliphatic heterocycles. The van der Waals surface area contributed by atoms with Crippen molar-refractivity contribution in [1.29, 1.82) is 0 Å². The van der Waals surface area contributed by atoms with Crippen molar-refractivity contribution in [2.24, 2.45) is 5.10 Å². The monoisotopic (exact) mass is 403 g/mol. The Bertz CT molecular complexity index is 1090. The van der Waals surface area contributed by atoms with E-state index in [1.54, 1.807) is 0 Å². The van der Waals surface area contributed by atoms with E-state index in [0.717, 1.165) is 29.1 Å². The molecule has 0 aliphatic carbocycles. The first-order valence-corrected chi connectivity index (χ1v) is 7.75. The zero-order chi connectivity index (χ0) is 21.0. The third-order valence-electron chi connectivity index (χ3n) is 3.55. The van der Waals surface area contributed by atoms with Gasteiger partial charge in [0.25, 0.3) is 11.6 Å². The number of carbonyl (C=O) groups excluding carboxylic acids is 1. The Hall–Kier alpha value is -4.40. The number of nitrogens with zero attached hydrogens (tertiary/aromatic N) is 7. The van der Waals surface area contributed by atoms with Gasteiger partial charge in [0.2, 0.25) is 11.6 Å². The number of nitrogen functional groups attached to an aromatic ring is 1. The second kappa shape index (κ2) is 8.09. The highest BCUT2D eigenvalue weighted by atomic mass is 16.6. The number of phenols is 1. The third kappa shape index (κ3) is 3.98. The molecule has 3 aromatic rings. The highest BCUT2D eigenvalue weighted by Gasteiger charge is 2.23. The summed E-state index contributed by atoms with van der Waals surface area (Å²) < 4.78 is 10.7. The van der Waals surface area contributed by atoms with Gasteiger partial charge in [0.15, 0.2) is 5.69 Å². The number of non-ortho nitro benzene ring substituents is 1. The lowest BCUT2D eigenvalue weighted by atomic mass is 10.2. The Kier molecular flexibility index (Phi) is 5.40. The summed E-state index contributed by atoms with van der Waals surface area (Å²) in [6.45, 7) is -0.0720. The van der Waals surface area contributed by atoms with Crippen LogP contribution in [0.1, 0.15) is 21.7 Å². The number of hydrogen-bond donors (Lipinski definition) is 3. The van der Waals surface area contributed by atoms with Gasteiger partial charge < -0.3 is 15.6 Å². The van der Waals surface area contributed by atoms with Crippen LogP contribution in [0.5, 0.6) is 5.75 Å². The smallest absolute Gasteiger partial charge is 0.293 e. The van der Waals surface area contributed by atoms with Crippen LogP contribution in [0.2, 0.25) is 0 Å². The highest BCUT2D eigenvalue weighted by molar-refractivity contribution is 5.94. The molecule has 0 saturated heterocycles. The number of ether oxygens (including phenoxy) is 1. The average Bonchev–Trinajstić information content (AvgIpc) is 3.29. The van der Waals surface area contributed by atoms with Gasteiger partial charge in [0, 0.05) is 24.8 Å². The van der Waals surface area contributed by atoms with Gasteiger partial charge in [-0.3, -0.25) is 14.9 Å². The van der Waals surface area contributed by atoms with Gasteiger partial charge in [-0.15, -0.1) is 5.10 Å². The SMILES string of the molecule is COCc1c(C(=O)N/N=C\c2cc([N+](=O)[O-])ccc2O)nnn1-c1nonc1N. The van der Waals surface area contributed by atoms with Crippen molar-refractivity contribution in [3.8, 4) is 11.6 Å². The first-order valence-electron chi connectivity index (χ1n) is 7.75. The number of carbonyl (C=O) groups is 1. The lowest BCUT2D eigenvalue weighted by Gasteiger charge is -2.04. The van der Waals surface area contributed by atoms with E-state index in [2.05, 4.69) is 35.8 Å². The fraction of sp³-hybridized carbons (Fsp3) is 0.143. The van der Waals surface area contributed by atoms with Crippen LogP contribution >= 0.6 is 0 Å². The fourth-order valence-electron chi connectivity index (χ4n) is 2.22. The number of nitrogens with two attached hydrogens (primary N) is 1. The molecule has 2 aromatic heterocycles. The van der Waals surface area contributed by atoms with E-state index < -0.39 is 10.8 Å². The zero-order valence-electron chi connectivity index (χ0n) is 14.7. The number of aromatic nitrogens is 5. The molecule has 4 N–H and O–H groups in total. The molecule has 15 nitrogen and oxygen atoms in total. The minimum Gasteiger partial charge on any atom is -0.507 e. The number of hydrazone groups is 1. The highest BCUT2D eigenvalue weighted by Crippen LogP contribution is 2.21. The van der Waals surface area contributed by atoms with Crippen molar-refractivity contribution in [1.82, 2.24) is 30.7 Å². The Balaban J connectivity index is 1.82. The van der Waals surface area contributed by atoms with Crippen molar-refractivity contribution in [3.05, 3.63) is 45.3 Å². The number of hydrogen-bond acceptors (Lipinski definition) is 12. The normalized spacial score (nSPS) is 11.1. The maximum absolute atomic E-state index is 12.4. The maximum atomic E-state index is 12.4. The van der Waals surface area contributed by atoms with E-state index in [-0.39, 0.29) is 46.6 Å². The number of methoxy groups -OCH3 is 1. The topological polar surface area (TPSA) is 210 Å². The number of aromatic hydroxyl groups is 1. The Morgan fingerprint density at radius 1 is 1.52 bits per heavy atom. The van der Waals surface area contributed by atoms with E-state index in [4.69, 9.17) is 10.5 Å². The molecule has 2 heterocycles. The molecule has 0 atom stereocenters. The lowest BCUT2D eigenvalue weighted by Crippen LogP contribution is -2.20. The largest absolute Gasteiger partial charge is 0.507 e. The molecule has 15 heteroatoms. The minimum absolute atomic E-state index is 0.0219. The van der Waals surface area contributed by atoms with E-state index >= 15 is 0 Å². The van der Waals surface area contributed by atoms with Crippen molar-refractivity contribution in [2.75, 3.05) is 12.8 Å². The van der Waals surface area contributed by atoms with Crippen molar-refractivity contribution in [2.45, 2.75) is 6.61 Å². The molecule has 29 heavy (non-hydrogen) atoms. The number of rotatable bonds is 7. The van der Waals surface area contributed by atoms with Crippen LogP contribution in [0, 0.1) is 10.1 Å². The molecule has 0 radical (unpaired) electrons. The molecule has 150 valence electrons.